The van der Waals surface area contributed by atoms with E-state index in [2.05, 4.69) is 56.3 Å². The topological polar surface area (TPSA) is 0 Å². The van der Waals surface area contributed by atoms with Crippen LogP contribution in [0.1, 0.15) is 58.0 Å². The third-order valence-electron chi connectivity index (χ3n) is 5.04. The zero-order valence-electron chi connectivity index (χ0n) is 12.5. The van der Waals surface area contributed by atoms with Gasteiger partial charge in [-0.15, -0.1) is 11.6 Å². The maximum Gasteiger partial charge on any atom is 0.0593 e. The van der Waals surface area contributed by atoms with Crippen LogP contribution >= 0.6 is 11.6 Å². The molecule has 0 saturated carbocycles. The third-order valence-corrected chi connectivity index (χ3v) is 5.47. The molecule has 0 aromatic heterocycles. The summed E-state index contributed by atoms with van der Waals surface area (Å²) >= 11 is 6.56. The number of benzene rings is 2. The molecular formula is C20H19Cl. The van der Waals surface area contributed by atoms with Crippen molar-refractivity contribution in [3.05, 3.63) is 75.4 Å². The van der Waals surface area contributed by atoms with Gasteiger partial charge in [0.25, 0.3) is 0 Å². The Labute approximate surface area is 131 Å². The molecule has 2 unspecified atom stereocenters. The minimum absolute atomic E-state index is 0.197. The molecule has 0 N–H and O–H groups in total. The van der Waals surface area contributed by atoms with Crippen molar-refractivity contribution in [2.24, 2.45) is 0 Å². The largest absolute Gasteiger partial charge is 0.118 e. The van der Waals surface area contributed by atoms with Gasteiger partial charge in [0.2, 0.25) is 0 Å². The Morgan fingerprint density at radius 1 is 1.05 bits per heavy atom. The van der Waals surface area contributed by atoms with Crippen LogP contribution in [0.3, 0.4) is 0 Å². The summed E-state index contributed by atoms with van der Waals surface area (Å²) < 4.78 is 0. The first-order valence-electron chi connectivity index (χ1n) is 7.70. The fourth-order valence-electron chi connectivity index (χ4n) is 4.15. The molecule has 106 valence electrons. The van der Waals surface area contributed by atoms with Crippen LogP contribution in [0.2, 0.25) is 0 Å². The average Bonchev–Trinajstić information content (AvgIpc) is 3.01. The number of fused-ring (bicyclic) bond motifs is 2. The number of rotatable bonds is 1. The molecule has 0 aliphatic heterocycles. The summed E-state index contributed by atoms with van der Waals surface area (Å²) in [5.41, 5.74) is 9.99. The molecule has 2 aliphatic rings. The fraction of sp³-hybridized carbons (Fsp3) is 0.300. The number of allylic oxidation sites excluding steroid dienone is 1. The van der Waals surface area contributed by atoms with Gasteiger partial charge in [-0.05, 0) is 60.1 Å². The van der Waals surface area contributed by atoms with Crippen molar-refractivity contribution in [3.63, 3.8) is 0 Å². The molecule has 0 bridgehead atoms. The van der Waals surface area contributed by atoms with Crippen molar-refractivity contribution >= 4 is 17.7 Å². The molecule has 2 atom stereocenters. The van der Waals surface area contributed by atoms with E-state index in [0.29, 0.717) is 5.92 Å². The van der Waals surface area contributed by atoms with Crippen LogP contribution in [0, 0.1) is 6.92 Å². The maximum atomic E-state index is 6.56. The first-order valence-corrected chi connectivity index (χ1v) is 8.14. The number of halogens is 1. The summed E-state index contributed by atoms with van der Waals surface area (Å²) in [6.45, 7) is 4.52. The first-order chi connectivity index (χ1) is 10.2. The molecule has 2 aliphatic carbocycles. The van der Waals surface area contributed by atoms with Gasteiger partial charge in [0.05, 0.1) is 5.38 Å². The highest BCUT2D eigenvalue weighted by atomic mass is 35.5. The Bertz CT molecular complexity index is 740. The first kappa shape index (κ1) is 13.2. The summed E-state index contributed by atoms with van der Waals surface area (Å²) in [5, 5.41) is 0.197. The van der Waals surface area contributed by atoms with Gasteiger partial charge >= 0.3 is 0 Å². The van der Waals surface area contributed by atoms with Gasteiger partial charge in [-0.1, -0.05) is 48.0 Å². The highest BCUT2D eigenvalue weighted by Gasteiger charge is 2.31. The molecule has 0 radical (unpaired) electrons. The molecule has 0 nitrogen and oxygen atoms in total. The van der Waals surface area contributed by atoms with Crippen LogP contribution < -0.4 is 0 Å². The summed E-state index contributed by atoms with van der Waals surface area (Å²) in [6, 6.07) is 13.2. The van der Waals surface area contributed by atoms with Gasteiger partial charge in [-0.2, -0.15) is 0 Å². The van der Waals surface area contributed by atoms with E-state index in [-0.39, 0.29) is 5.38 Å². The van der Waals surface area contributed by atoms with Crippen molar-refractivity contribution in [2.75, 3.05) is 0 Å². The quantitative estimate of drug-likeness (QED) is 0.586. The molecule has 0 spiro atoms. The van der Waals surface area contributed by atoms with E-state index >= 15 is 0 Å². The maximum absolute atomic E-state index is 6.56. The van der Waals surface area contributed by atoms with E-state index < -0.39 is 0 Å². The molecule has 0 heterocycles. The van der Waals surface area contributed by atoms with Gasteiger partial charge in [0.1, 0.15) is 0 Å². The molecule has 2 aromatic carbocycles. The zero-order valence-corrected chi connectivity index (χ0v) is 13.2. The second-order valence-corrected chi connectivity index (χ2v) is 6.84. The SMILES string of the molecule is CC1=Cc2cc3c(c(C)c2C1c1ccccc1)C(Cl)CC3. The van der Waals surface area contributed by atoms with Crippen molar-refractivity contribution in [2.45, 2.75) is 38.0 Å². The predicted molar refractivity (Wildman–Crippen MR) is 90.0 cm³/mol. The number of hydrogen-bond donors (Lipinski definition) is 0. The van der Waals surface area contributed by atoms with Gasteiger partial charge in [0.15, 0.2) is 0 Å². The molecule has 0 fully saturated rings. The smallest absolute Gasteiger partial charge is 0.0593 e. The Balaban J connectivity index is 1.94. The van der Waals surface area contributed by atoms with Crippen LogP contribution in [0.25, 0.3) is 6.08 Å². The second-order valence-electron chi connectivity index (χ2n) is 6.32. The molecular weight excluding hydrogens is 276 g/mol. The average molecular weight is 295 g/mol. The van der Waals surface area contributed by atoms with Crippen LogP contribution in [-0.2, 0) is 6.42 Å². The van der Waals surface area contributed by atoms with Crippen LogP contribution in [0.4, 0.5) is 0 Å². The predicted octanol–water partition coefficient (Wildman–Crippen LogP) is 5.77. The lowest BCUT2D eigenvalue weighted by atomic mass is 9.84. The molecule has 2 aromatic rings. The van der Waals surface area contributed by atoms with Crippen molar-refractivity contribution in [1.82, 2.24) is 0 Å². The van der Waals surface area contributed by atoms with E-state index in [1.165, 1.54) is 39.0 Å². The van der Waals surface area contributed by atoms with Gasteiger partial charge in [-0.25, -0.2) is 0 Å². The van der Waals surface area contributed by atoms with Gasteiger partial charge in [0, 0.05) is 5.92 Å². The van der Waals surface area contributed by atoms with Gasteiger partial charge in [-0.3, -0.25) is 0 Å². The number of alkyl halides is 1. The molecule has 0 amide bonds. The highest BCUT2D eigenvalue weighted by Crippen LogP contribution is 2.48. The Hall–Kier alpha value is -1.53. The summed E-state index contributed by atoms with van der Waals surface area (Å²) in [5.74, 6) is 0.399. The van der Waals surface area contributed by atoms with Crippen LogP contribution in [0.15, 0.2) is 42.0 Å². The van der Waals surface area contributed by atoms with E-state index in [9.17, 15) is 0 Å². The third kappa shape index (κ3) is 1.89. The zero-order chi connectivity index (χ0) is 14.6. The van der Waals surface area contributed by atoms with E-state index in [1.807, 2.05) is 0 Å². The molecule has 1 heteroatoms. The summed E-state index contributed by atoms with van der Waals surface area (Å²) in [7, 11) is 0. The Kier molecular flexibility index (Phi) is 2.97. The van der Waals surface area contributed by atoms with Crippen LogP contribution in [-0.4, -0.2) is 0 Å². The standard InChI is InChI=1S/C20H19Cl/c1-12-10-16-11-15-8-9-17(21)19(15)13(2)20(16)18(12)14-6-4-3-5-7-14/h3-7,10-11,17-18H,8-9H2,1-2H3. The Morgan fingerprint density at radius 3 is 2.57 bits per heavy atom. The fourth-order valence-corrected chi connectivity index (χ4v) is 4.56. The lowest BCUT2D eigenvalue weighted by Crippen LogP contribution is -2.05. The minimum Gasteiger partial charge on any atom is -0.118 e. The summed E-state index contributed by atoms with van der Waals surface area (Å²) in [6.07, 6.45) is 4.57. The van der Waals surface area contributed by atoms with E-state index in [0.717, 1.165) is 12.8 Å². The van der Waals surface area contributed by atoms with Crippen LogP contribution in [0.5, 0.6) is 0 Å². The number of hydrogen-bond acceptors (Lipinski definition) is 0. The monoisotopic (exact) mass is 294 g/mol. The van der Waals surface area contributed by atoms with Crippen molar-refractivity contribution in [3.8, 4) is 0 Å². The summed E-state index contributed by atoms with van der Waals surface area (Å²) in [4.78, 5) is 0. The minimum atomic E-state index is 0.197. The normalized spacial score (nSPS) is 22.9. The van der Waals surface area contributed by atoms with Crippen molar-refractivity contribution in [1.29, 1.82) is 0 Å². The molecule has 21 heavy (non-hydrogen) atoms. The Morgan fingerprint density at radius 2 is 1.81 bits per heavy atom. The van der Waals surface area contributed by atoms with Gasteiger partial charge < -0.3 is 0 Å². The second kappa shape index (κ2) is 4.74. The molecule has 0 saturated heterocycles. The highest BCUT2D eigenvalue weighted by molar-refractivity contribution is 6.21. The molecule has 4 rings (SSSR count). The van der Waals surface area contributed by atoms with E-state index in [4.69, 9.17) is 11.6 Å². The lowest BCUT2D eigenvalue weighted by Gasteiger charge is -2.20. The lowest BCUT2D eigenvalue weighted by molar-refractivity contribution is 0.875. The number of aryl methyl sites for hydroxylation is 1. The van der Waals surface area contributed by atoms with Crippen molar-refractivity contribution < 1.29 is 0 Å². The van der Waals surface area contributed by atoms with E-state index in [1.54, 1.807) is 0 Å².